The molecule has 4 aromatic rings. The van der Waals surface area contributed by atoms with Crippen LogP contribution in [0.15, 0.2) is 51.7 Å². The number of hydrogen-bond donors (Lipinski definition) is 1. The van der Waals surface area contributed by atoms with Crippen LogP contribution in [-0.2, 0) is 13.0 Å². The van der Waals surface area contributed by atoms with E-state index in [9.17, 15) is 9.18 Å². The predicted octanol–water partition coefficient (Wildman–Crippen LogP) is 5.54. The van der Waals surface area contributed by atoms with Gasteiger partial charge in [0.25, 0.3) is 5.91 Å². The number of carbonyl (C=O) groups excluding carboxylic acids is 1. The highest BCUT2D eigenvalue weighted by atomic mass is 79.9. The van der Waals surface area contributed by atoms with E-state index in [2.05, 4.69) is 36.4 Å². The van der Waals surface area contributed by atoms with Gasteiger partial charge in [0.05, 0.1) is 21.8 Å². The molecule has 1 aliphatic carbocycles. The molecule has 0 saturated heterocycles. The fourth-order valence-electron chi connectivity index (χ4n) is 4.51. The van der Waals surface area contributed by atoms with Gasteiger partial charge >= 0.3 is 0 Å². The zero-order valence-corrected chi connectivity index (χ0v) is 20.2. The minimum Gasteiger partial charge on any atom is -0.350 e. The first-order valence-corrected chi connectivity index (χ1v) is 12.4. The molecule has 176 valence electrons. The van der Waals surface area contributed by atoms with E-state index < -0.39 is 5.82 Å². The lowest BCUT2D eigenvalue weighted by atomic mass is 10.0. The maximum atomic E-state index is 13.7. The van der Waals surface area contributed by atoms with E-state index in [0.717, 1.165) is 35.4 Å². The standard InChI is InChI=1S/C25H25BrFN5O2/c26-19-8-6-18(13-20(19)27)25(33)28-11-12-32-15-29-21-14-17(7-9-22(21)32)24-30-23(34-31-24)10-5-16-3-1-2-4-16/h6-9,13-16H,1-5,10-12H2,(H,28,33). The molecule has 5 rings (SSSR count). The van der Waals surface area contributed by atoms with Crippen LogP contribution in [0.5, 0.6) is 0 Å². The van der Waals surface area contributed by atoms with Crippen LogP contribution >= 0.6 is 15.9 Å². The van der Waals surface area contributed by atoms with Crippen LogP contribution < -0.4 is 5.32 Å². The van der Waals surface area contributed by atoms with Gasteiger partial charge in [-0.1, -0.05) is 30.8 Å². The molecular weight excluding hydrogens is 501 g/mol. The molecule has 1 N–H and O–H groups in total. The number of carbonyl (C=O) groups is 1. The Labute approximate surface area is 204 Å². The summed E-state index contributed by atoms with van der Waals surface area (Å²) in [4.78, 5) is 21.3. The molecule has 0 unspecified atom stereocenters. The normalized spacial score (nSPS) is 14.2. The van der Waals surface area contributed by atoms with Crippen molar-refractivity contribution >= 4 is 32.9 Å². The van der Waals surface area contributed by atoms with Gasteiger partial charge in [-0.2, -0.15) is 4.98 Å². The topological polar surface area (TPSA) is 85.8 Å². The summed E-state index contributed by atoms with van der Waals surface area (Å²) < 4.78 is 21.4. The molecule has 34 heavy (non-hydrogen) atoms. The lowest BCUT2D eigenvalue weighted by molar-refractivity contribution is 0.0952. The number of amides is 1. The second-order valence-electron chi connectivity index (χ2n) is 8.73. The summed E-state index contributed by atoms with van der Waals surface area (Å²) in [6.45, 7) is 0.924. The Balaban J connectivity index is 1.20. The monoisotopic (exact) mass is 525 g/mol. The Kier molecular flexibility index (Phi) is 6.71. The van der Waals surface area contributed by atoms with E-state index in [0.29, 0.717) is 29.3 Å². The Morgan fingerprint density at radius 2 is 2.06 bits per heavy atom. The van der Waals surface area contributed by atoms with Gasteiger partial charge in [-0.25, -0.2) is 9.37 Å². The molecule has 1 aliphatic rings. The third kappa shape index (κ3) is 5.04. The Hall–Kier alpha value is -3.07. The quantitative estimate of drug-likeness (QED) is 0.326. The lowest BCUT2D eigenvalue weighted by Gasteiger charge is -2.08. The van der Waals surface area contributed by atoms with Crippen LogP contribution in [0.25, 0.3) is 22.4 Å². The molecule has 0 radical (unpaired) electrons. The van der Waals surface area contributed by atoms with Gasteiger partial charge in [-0.05, 0) is 64.7 Å². The maximum Gasteiger partial charge on any atom is 0.251 e. The van der Waals surface area contributed by atoms with Crippen molar-refractivity contribution in [3.05, 3.63) is 64.5 Å². The number of nitrogens with one attached hydrogen (secondary N) is 1. The molecule has 1 amide bonds. The van der Waals surface area contributed by atoms with Crippen molar-refractivity contribution < 1.29 is 13.7 Å². The van der Waals surface area contributed by atoms with Gasteiger partial charge in [0, 0.05) is 30.6 Å². The number of fused-ring (bicyclic) bond motifs is 1. The third-order valence-corrected chi connectivity index (χ3v) is 7.05. The first-order valence-electron chi connectivity index (χ1n) is 11.6. The molecule has 0 aliphatic heterocycles. The predicted molar refractivity (Wildman–Crippen MR) is 130 cm³/mol. The van der Waals surface area contributed by atoms with Crippen molar-refractivity contribution in [2.24, 2.45) is 5.92 Å². The highest BCUT2D eigenvalue weighted by Crippen LogP contribution is 2.29. The van der Waals surface area contributed by atoms with Gasteiger partial charge in [0.1, 0.15) is 5.82 Å². The summed E-state index contributed by atoms with van der Waals surface area (Å²) in [5.74, 6) is 1.27. The highest BCUT2D eigenvalue weighted by Gasteiger charge is 2.17. The number of halogens is 2. The molecule has 0 spiro atoms. The molecule has 0 bridgehead atoms. The average molecular weight is 526 g/mol. The van der Waals surface area contributed by atoms with Crippen molar-refractivity contribution in [3.8, 4) is 11.4 Å². The highest BCUT2D eigenvalue weighted by molar-refractivity contribution is 9.10. The van der Waals surface area contributed by atoms with Crippen LogP contribution in [0.3, 0.4) is 0 Å². The largest absolute Gasteiger partial charge is 0.350 e. The molecule has 2 heterocycles. The average Bonchev–Trinajstić information content (AvgIpc) is 3.60. The summed E-state index contributed by atoms with van der Waals surface area (Å²) in [5, 5.41) is 6.98. The SMILES string of the molecule is O=C(NCCn1cnc2cc(-c3noc(CCC4CCCC4)n3)ccc21)c1ccc(Br)c(F)c1. The fraction of sp³-hybridized carbons (Fsp3) is 0.360. The number of nitrogens with zero attached hydrogens (tertiary/aromatic N) is 4. The Morgan fingerprint density at radius 3 is 2.88 bits per heavy atom. The fourth-order valence-corrected chi connectivity index (χ4v) is 4.76. The van der Waals surface area contributed by atoms with Crippen molar-refractivity contribution in [1.82, 2.24) is 25.0 Å². The van der Waals surface area contributed by atoms with Gasteiger partial charge in [0.15, 0.2) is 0 Å². The summed E-state index contributed by atoms with van der Waals surface area (Å²) >= 11 is 3.09. The number of rotatable bonds is 8. The van der Waals surface area contributed by atoms with Crippen molar-refractivity contribution in [3.63, 3.8) is 0 Å². The third-order valence-electron chi connectivity index (χ3n) is 6.41. The molecule has 1 saturated carbocycles. The zero-order chi connectivity index (χ0) is 23.5. The Morgan fingerprint density at radius 1 is 1.21 bits per heavy atom. The molecule has 9 heteroatoms. The van der Waals surface area contributed by atoms with Crippen molar-refractivity contribution in [2.45, 2.75) is 45.1 Å². The second-order valence-corrected chi connectivity index (χ2v) is 9.58. The number of hydrogen-bond acceptors (Lipinski definition) is 5. The first-order chi connectivity index (χ1) is 16.6. The number of aromatic nitrogens is 4. The molecule has 7 nitrogen and oxygen atoms in total. The summed E-state index contributed by atoms with van der Waals surface area (Å²) in [7, 11) is 0. The van der Waals surface area contributed by atoms with Crippen LogP contribution in [0.4, 0.5) is 4.39 Å². The smallest absolute Gasteiger partial charge is 0.251 e. The maximum absolute atomic E-state index is 13.7. The van der Waals surface area contributed by atoms with Crippen LogP contribution in [0.2, 0.25) is 0 Å². The van der Waals surface area contributed by atoms with Crippen molar-refractivity contribution in [1.29, 1.82) is 0 Å². The van der Waals surface area contributed by atoms with Gasteiger partial charge in [-0.3, -0.25) is 4.79 Å². The molecule has 2 aromatic heterocycles. The van der Waals surface area contributed by atoms with E-state index in [1.54, 1.807) is 12.4 Å². The van der Waals surface area contributed by atoms with Crippen molar-refractivity contribution in [2.75, 3.05) is 6.54 Å². The zero-order valence-electron chi connectivity index (χ0n) is 18.6. The molecule has 1 fully saturated rings. The minimum atomic E-state index is -0.466. The lowest BCUT2D eigenvalue weighted by Crippen LogP contribution is -2.27. The van der Waals surface area contributed by atoms with E-state index in [4.69, 9.17) is 4.52 Å². The van der Waals surface area contributed by atoms with E-state index in [1.807, 2.05) is 22.8 Å². The van der Waals surface area contributed by atoms with Gasteiger partial charge < -0.3 is 14.4 Å². The van der Waals surface area contributed by atoms with E-state index in [-0.39, 0.29) is 11.5 Å². The van der Waals surface area contributed by atoms with Gasteiger partial charge in [-0.15, -0.1) is 0 Å². The summed E-state index contributed by atoms with van der Waals surface area (Å²) in [6.07, 6.45) is 8.97. The second kappa shape index (κ2) is 10.0. The molecule has 0 atom stereocenters. The van der Waals surface area contributed by atoms with Crippen LogP contribution in [0.1, 0.15) is 48.4 Å². The van der Waals surface area contributed by atoms with Crippen LogP contribution in [-0.4, -0.2) is 32.1 Å². The van der Waals surface area contributed by atoms with Crippen LogP contribution in [0, 0.1) is 11.7 Å². The summed E-state index contributed by atoms with van der Waals surface area (Å²) in [6, 6.07) is 10.2. The molecular formula is C25H25BrFN5O2. The van der Waals surface area contributed by atoms with E-state index >= 15 is 0 Å². The first kappa shape index (κ1) is 22.7. The minimum absolute atomic E-state index is 0.281. The molecule has 2 aromatic carbocycles. The number of aryl methyl sites for hydroxylation is 1. The number of benzene rings is 2. The Bertz CT molecular complexity index is 1310. The van der Waals surface area contributed by atoms with Gasteiger partial charge in [0.2, 0.25) is 11.7 Å². The van der Waals surface area contributed by atoms with E-state index in [1.165, 1.54) is 37.8 Å². The number of imidazole rings is 1. The summed E-state index contributed by atoms with van der Waals surface area (Å²) in [5.41, 5.74) is 2.90.